The molecule has 0 fully saturated rings. The van der Waals surface area contributed by atoms with Crippen LogP contribution in [0.2, 0.25) is 5.02 Å². The van der Waals surface area contributed by atoms with Crippen LogP contribution >= 0.6 is 23.5 Å². The Kier molecular flexibility index (Phi) is 7.46. The van der Waals surface area contributed by atoms with E-state index in [1.54, 1.807) is 47.3 Å². The molecule has 1 N–H and O–H groups in total. The fourth-order valence-electron chi connectivity index (χ4n) is 4.13. The average molecular weight is 556 g/mol. The van der Waals surface area contributed by atoms with E-state index in [2.05, 4.69) is 9.71 Å². The normalized spacial score (nSPS) is 11.4. The molecule has 0 aliphatic carbocycles. The van der Waals surface area contributed by atoms with Crippen LogP contribution in [0.25, 0.3) is 22.2 Å². The van der Waals surface area contributed by atoms with Crippen molar-refractivity contribution >= 4 is 52.0 Å². The Labute approximate surface area is 236 Å². The zero-order valence-corrected chi connectivity index (χ0v) is 23.2. The van der Waals surface area contributed by atoms with E-state index >= 15 is 0 Å². The summed E-state index contributed by atoms with van der Waals surface area (Å²) < 4.78 is 10.6. The predicted molar refractivity (Wildman–Crippen MR) is 158 cm³/mol. The van der Waals surface area contributed by atoms with Gasteiger partial charge in [-0.25, -0.2) is 9.36 Å². The van der Waals surface area contributed by atoms with Gasteiger partial charge < -0.3 is 9.46 Å². The molecule has 0 radical (unpaired) electrons. The summed E-state index contributed by atoms with van der Waals surface area (Å²) in [6.07, 6.45) is 2.75. The molecule has 0 amide bonds. The van der Waals surface area contributed by atoms with Gasteiger partial charge in [0.25, 0.3) is 0 Å². The number of ether oxygens (including phenoxy) is 1. The number of ketones is 1. The number of carbonyl (C=O) groups is 2. The Bertz CT molecular complexity index is 1660. The number of hydrogen-bond donors (Lipinski definition) is 1. The van der Waals surface area contributed by atoms with Gasteiger partial charge in [0.15, 0.2) is 5.78 Å². The van der Waals surface area contributed by atoms with E-state index in [9.17, 15) is 9.59 Å². The summed E-state index contributed by atoms with van der Waals surface area (Å²) >= 11 is 7.58. The van der Waals surface area contributed by atoms with Gasteiger partial charge in [0.1, 0.15) is 5.60 Å². The first-order valence-electron chi connectivity index (χ1n) is 12.3. The van der Waals surface area contributed by atoms with Gasteiger partial charge in [-0.05, 0) is 92.9 Å². The number of nitrogens with one attached hydrogen (secondary N) is 1. The Morgan fingerprint density at radius 2 is 1.64 bits per heavy atom. The second kappa shape index (κ2) is 11.0. The number of carbonyl (C=O) groups excluding carboxylic acids is 2. The minimum atomic E-state index is -0.620. The lowest BCUT2D eigenvalue weighted by atomic mass is 10.0. The average Bonchev–Trinajstić information content (AvgIpc) is 3.32. The van der Waals surface area contributed by atoms with E-state index in [4.69, 9.17) is 16.3 Å². The Morgan fingerprint density at radius 3 is 2.36 bits per heavy atom. The molecule has 0 saturated heterocycles. The van der Waals surface area contributed by atoms with Gasteiger partial charge in [0, 0.05) is 38.8 Å². The summed E-state index contributed by atoms with van der Waals surface area (Å²) in [7, 11) is 0. The molecule has 196 valence electrons. The van der Waals surface area contributed by atoms with Crippen molar-refractivity contribution in [1.82, 2.24) is 9.55 Å². The van der Waals surface area contributed by atoms with Crippen LogP contribution in [0, 0.1) is 0 Å². The number of aromatic nitrogens is 2. The molecule has 39 heavy (non-hydrogen) atoms. The largest absolute Gasteiger partial charge is 0.443 e. The second-order valence-corrected chi connectivity index (χ2v) is 11.2. The number of nitrogens with zero attached hydrogens (tertiary/aromatic N) is 2. The molecule has 8 heteroatoms. The topological polar surface area (TPSA) is 73.2 Å². The third kappa shape index (κ3) is 6.00. The van der Waals surface area contributed by atoms with E-state index in [0.717, 1.165) is 27.1 Å². The van der Waals surface area contributed by atoms with E-state index in [1.807, 2.05) is 75.4 Å². The summed E-state index contributed by atoms with van der Waals surface area (Å²) in [6, 6.07) is 26.1. The van der Waals surface area contributed by atoms with Gasteiger partial charge in [0.05, 0.1) is 16.9 Å². The SMILES string of the molecule is CC(C)(C)OC(=O)n1c(-c2ccc(SNc3ccc(Cl)cc3C(=O)c3ccncc3)cc2)cc2ccccc21. The molecule has 0 aliphatic heterocycles. The van der Waals surface area contributed by atoms with Crippen molar-refractivity contribution in [2.24, 2.45) is 0 Å². The molecule has 0 unspecified atom stereocenters. The fraction of sp³-hybridized carbons (Fsp3) is 0.129. The zero-order chi connectivity index (χ0) is 27.6. The number of hydrogen-bond acceptors (Lipinski definition) is 6. The van der Waals surface area contributed by atoms with Gasteiger partial charge in [-0.2, -0.15) is 0 Å². The quantitative estimate of drug-likeness (QED) is 0.167. The number of benzene rings is 3. The standard InChI is InChI=1S/C31H26ClN3O3S/c1-31(2,3)38-30(37)35-27-7-5-4-6-22(27)18-28(35)20-8-11-24(12-9-20)39-34-26-13-10-23(32)19-25(26)29(36)21-14-16-33-17-15-21/h4-19,34H,1-3H3. The van der Waals surface area contributed by atoms with Crippen molar-refractivity contribution in [2.75, 3.05) is 4.72 Å². The third-order valence-corrected chi connectivity index (χ3v) is 6.95. The second-order valence-electron chi connectivity index (χ2n) is 9.89. The van der Waals surface area contributed by atoms with Gasteiger partial charge in [-0.3, -0.25) is 9.78 Å². The summed E-state index contributed by atoms with van der Waals surface area (Å²) in [4.78, 5) is 31.2. The van der Waals surface area contributed by atoms with Crippen molar-refractivity contribution in [3.05, 3.63) is 113 Å². The highest BCUT2D eigenvalue weighted by Crippen LogP contribution is 2.32. The molecule has 0 atom stereocenters. The summed E-state index contributed by atoms with van der Waals surface area (Å²) in [5.74, 6) is -0.145. The van der Waals surface area contributed by atoms with Gasteiger partial charge in [-0.1, -0.05) is 41.9 Å². The molecule has 2 aromatic heterocycles. The number of halogens is 1. The van der Waals surface area contributed by atoms with Crippen LogP contribution in [-0.4, -0.2) is 27.0 Å². The smallest absolute Gasteiger partial charge is 0.419 e. The molecule has 3 aromatic carbocycles. The Balaban J connectivity index is 1.40. The highest BCUT2D eigenvalue weighted by Gasteiger charge is 2.23. The number of pyridine rings is 1. The maximum atomic E-state index is 13.2. The number of para-hydroxylation sites is 1. The minimum Gasteiger partial charge on any atom is -0.443 e. The Hall–Kier alpha value is -4.07. The fourth-order valence-corrected chi connectivity index (χ4v) is 4.98. The summed E-state index contributed by atoms with van der Waals surface area (Å²) in [6.45, 7) is 5.56. The van der Waals surface area contributed by atoms with E-state index in [0.29, 0.717) is 21.8 Å². The molecule has 5 aromatic rings. The molecule has 0 aliphatic rings. The van der Waals surface area contributed by atoms with Crippen LogP contribution in [-0.2, 0) is 4.74 Å². The minimum absolute atomic E-state index is 0.145. The van der Waals surface area contributed by atoms with E-state index in [1.165, 1.54) is 11.9 Å². The van der Waals surface area contributed by atoms with E-state index < -0.39 is 11.7 Å². The molecule has 0 saturated carbocycles. The number of anilines is 1. The molecule has 6 nitrogen and oxygen atoms in total. The third-order valence-electron chi connectivity index (χ3n) is 5.88. The number of fused-ring (bicyclic) bond motifs is 1. The molecular formula is C31H26ClN3O3S. The predicted octanol–water partition coefficient (Wildman–Crippen LogP) is 8.49. The summed E-state index contributed by atoms with van der Waals surface area (Å²) in [5, 5.41) is 1.43. The van der Waals surface area contributed by atoms with Gasteiger partial charge >= 0.3 is 6.09 Å². The van der Waals surface area contributed by atoms with Crippen LogP contribution in [0.5, 0.6) is 0 Å². The first-order chi connectivity index (χ1) is 18.7. The van der Waals surface area contributed by atoms with Crippen molar-refractivity contribution in [2.45, 2.75) is 31.3 Å². The van der Waals surface area contributed by atoms with Crippen LogP contribution in [0.3, 0.4) is 0 Å². The highest BCUT2D eigenvalue weighted by atomic mass is 35.5. The molecule has 5 rings (SSSR count). The summed E-state index contributed by atoms with van der Waals surface area (Å²) in [5.41, 5.74) is 3.45. The van der Waals surface area contributed by atoms with Crippen LogP contribution in [0.1, 0.15) is 36.7 Å². The lowest BCUT2D eigenvalue weighted by molar-refractivity contribution is 0.0547. The molecular weight excluding hydrogens is 530 g/mol. The number of rotatable bonds is 6. The molecule has 0 spiro atoms. The highest BCUT2D eigenvalue weighted by molar-refractivity contribution is 8.00. The first-order valence-corrected chi connectivity index (χ1v) is 13.5. The zero-order valence-electron chi connectivity index (χ0n) is 21.6. The van der Waals surface area contributed by atoms with Crippen molar-refractivity contribution < 1.29 is 14.3 Å². The van der Waals surface area contributed by atoms with Crippen molar-refractivity contribution in [1.29, 1.82) is 0 Å². The monoisotopic (exact) mass is 555 g/mol. The lowest BCUT2D eigenvalue weighted by Crippen LogP contribution is -2.27. The molecule has 2 heterocycles. The van der Waals surface area contributed by atoms with E-state index in [-0.39, 0.29) is 5.78 Å². The maximum absolute atomic E-state index is 13.2. The Morgan fingerprint density at radius 1 is 0.923 bits per heavy atom. The van der Waals surface area contributed by atoms with Crippen molar-refractivity contribution in [3.63, 3.8) is 0 Å². The van der Waals surface area contributed by atoms with Crippen LogP contribution in [0.4, 0.5) is 10.5 Å². The van der Waals surface area contributed by atoms with Gasteiger partial charge in [-0.15, -0.1) is 0 Å². The lowest BCUT2D eigenvalue weighted by Gasteiger charge is -2.21. The first kappa shape index (κ1) is 26.5. The molecule has 0 bridgehead atoms. The van der Waals surface area contributed by atoms with Crippen LogP contribution in [0.15, 0.2) is 102 Å². The van der Waals surface area contributed by atoms with Crippen LogP contribution < -0.4 is 4.72 Å². The van der Waals surface area contributed by atoms with Gasteiger partial charge in [0.2, 0.25) is 0 Å². The van der Waals surface area contributed by atoms with Crippen molar-refractivity contribution in [3.8, 4) is 11.3 Å². The maximum Gasteiger partial charge on any atom is 0.419 e.